The number of hydrogen-bond acceptors (Lipinski definition) is 3. The van der Waals surface area contributed by atoms with Crippen molar-refractivity contribution in [2.24, 2.45) is 0 Å². The second-order valence-corrected chi connectivity index (χ2v) is 3.50. The zero-order valence-electron chi connectivity index (χ0n) is 8.49. The highest BCUT2D eigenvalue weighted by molar-refractivity contribution is 5.73. The molecule has 0 rings (SSSR count). The van der Waals surface area contributed by atoms with E-state index in [0.717, 1.165) is 0 Å². The van der Waals surface area contributed by atoms with Crippen molar-refractivity contribution in [3.63, 3.8) is 0 Å². The van der Waals surface area contributed by atoms with E-state index in [0.29, 0.717) is 12.8 Å². The minimum Gasteiger partial charge on any atom is -0.481 e. The van der Waals surface area contributed by atoms with Gasteiger partial charge in [0, 0.05) is 12.5 Å². The number of aliphatic carboxylic acids is 2. The van der Waals surface area contributed by atoms with E-state index >= 15 is 0 Å². The van der Waals surface area contributed by atoms with Crippen LogP contribution in [0.5, 0.6) is 0 Å². The Bertz CT molecular complexity index is 203. The fraction of sp³-hybridized carbons (Fsp3) is 0.778. The van der Waals surface area contributed by atoms with Crippen molar-refractivity contribution in [1.29, 1.82) is 0 Å². The molecule has 0 aromatic carbocycles. The van der Waals surface area contributed by atoms with E-state index in [1.54, 1.807) is 0 Å². The largest absolute Gasteiger partial charge is 0.481 e. The summed E-state index contributed by atoms with van der Waals surface area (Å²) < 4.78 is 0. The molecule has 1 atom stereocenters. The number of carbonyl (C=O) groups is 2. The van der Waals surface area contributed by atoms with Crippen LogP contribution in [-0.4, -0.2) is 34.2 Å². The fourth-order valence-corrected chi connectivity index (χ4v) is 1.14. The van der Waals surface area contributed by atoms with Gasteiger partial charge in [0.1, 0.15) is 6.04 Å². The Balaban J connectivity index is 3.85. The van der Waals surface area contributed by atoms with Crippen molar-refractivity contribution in [3.8, 4) is 0 Å². The van der Waals surface area contributed by atoms with Gasteiger partial charge in [-0.05, 0) is 12.8 Å². The van der Waals surface area contributed by atoms with Crippen LogP contribution >= 0.6 is 0 Å². The highest BCUT2D eigenvalue weighted by Crippen LogP contribution is 2.02. The number of rotatable bonds is 7. The van der Waals surface area contributed by atoms with Gasteiger partial charge in [0.05, 0.1) is 0 Å². The third-order valence-electron chi connectivity index (χ3n) is 1.72. The summed E-state index contributed by atoms with van der Waals surface area (Å²) in [6, 6.07) is -0.560. The molecule has 0 spiro atoms. The number of nitrogens with one attached hydrogen (secondary N) is 1. The Morgan fingerprint density at radius 3 is 2.21 bits per heavy atom. The molecule has 0 aliphatic heterocycles. The predicted octanol–water partition coefficient (Wildman–Crippen LogP) is 0.692. The molecular weight excluding hydrogens is 186 g/mol. The van der Waals surface area contributed by atoms with Crippen LogP contribution in [0, 0.1) is 0 Å². The lowest BCUT2D eigenvalue weighted by Crippen LogP contribution is -2.40. The molecule has 0 saturated carbocycles. The lowest BCUT2D eigenvalue weighted by Gasteiger charge is -2.16. The molecule has 1 unspecified atom stereocenters. The summed E-state index contributed by atoms with van der Waals surface area (Å²) in [5.74, 6) is -1.82. The van der Waals surface area contributed by atoms with Gasteiger partial charge in [-0.3, -0.25) is 9.59 Å². The molecule has 5 nitrogen and oxygen atoms in total. The highest BCUT2D eigenvalue weighted by Gasteiger charge is 2.17. The molecule has 14 heavy (non-hydrogen) atoms. The molecule has 0 saturated heterocycles. The molecular formula is C9H17NO4. The average Bonchev–Trinajstić information content (AvgIpc) is 2.00. The van der Waals surface area contributed by atoms with Crippen molar-refractivity contribution in [3.05, 3.63) is 0 Å². The maximum absolute atomic E-state index is 10.7. The topological polar surface area (TPSA) is 86.6 Å². The van der Waals surface area contributed by atoms with E-state index < -0.39 is 18.0 Å². The van der Waals surface area contributed by atoms with E-state index in [1.807, 2.05) is 13.8 Å². The van der Waals surface area contributed by atoms with Crippen LogP contribution in [-0.2, 0) is 9.59 Å². The van der Waals surface area contributed by atoms with Gasteiger partial charge in [0.15, 0.2) is 0 Å². The molecule has 0 bridgehead atoms. The van der Waals surface area contributed by atoms with E-state index in [2.05, 4.69) is 5.32 Å². The maximum atomic E-state index is 10.7. The molecule has 3 N–H and O–H groups in total. The molecule has 5 heteroatoms. The van der Waals surface area contributed by atoms with Gasteiger partial charge in [-0.1, -0.05) is 13.8 Å². The Kier molecular flexibility index (Phi) is 5.87. The van der Waals surface area contributed by atoms with Gasteiger partial charge in [0.2, 0.25) is 0 Å². The first-order chi connectivity index (χ1) is 6.43. The van der Waals surface area contributed by atoms with Crippen molar-refractivity contribution < 1.29 is 19.8 Å². The zero-order chi connectivity index (χ0) is 11.1. The van der Waals surface area contributed by atoms with Crippen LogP contribution in [0.2, 0.25) is 0 Å². The summed E-state index contributed by atoms with van der Waals surface area (Å²) in [7, 11) is 0. The third kappa shape index (κ3) is 6.42. The molecule has 0 aliphatic carbocycles. The van der Waals surface area contributed by atoms with Crippen LogP contribution < -0.4 is 5.32 Å². The SMILES string of the molecule is CC(C)NC(CCCC(=O)O)C(=O)O. The Hall–Kier alpha value is -1.10. The number of hydrogen-bond donors (Lipinski definition) is 3. The second kappa shape index (κ2) is 6.37. The van der Waals surface area contributed by atoms with Gasteiger partial charge in [0.25, 0.3) is 0 Å². The Morgan fingerprint density at radius 2 is 1.86 bits per heavy atom. The molecule has 0 heterocycles. The fourth-order valence-electron chi connectivity index (χ4n) is 1.14. The Morgan fingerprint density at radius 1 is 1.29 bits per heavy atom. The third-order valence-corrected chi connectivity index (χ3v) is 1.72. The second-order valence-electron chi connectivity index (χ2n) is 3.50. The van der Waals surface area contributed by atoms with Gasteiger partial charge in [-0.2, -0.15) is 0 Å². The average molecular weight is 203 g/mol. The van der Waals surface area contributed by atoms with Gasteiger partial charge in [-0.25, -0.2) is 0 Å². The quantitative estimate of drug-likeness (QED) is 0.566. The lowest BCUT2D eigenvalue weighted by molar-refractivity contribution is -0.141. The van der Waals surface area contributed by atoms with E-state index in [9.17, 15) is 9.59 Å². The van der Waals surface area contributed by atoms with Crippen LogP contribution in [0.4, 0.5) is 0 Å². The Labute approximate surface area is 83.1 Å². The molecule has 0 fully saturated rings. The van der Waals surface area contributed by atoms with E-state index in [-0.39, 0.29) is 12.5 Å². The molecule has 0 aromatic rings. The molecule has 0 aromatic heterocycles. The zero-order valence-corrected chi connectivity index (χ0v) is 8.49. The first kappa shape index (κ1) is 12.9. The van der Waals surface area contributed by atoms with E-state index in [4.69, 9.17) is 10.2 Å². The summed E-state index contributed by atoms with van der Waals surface area (Å²) in [6.45, 7) is 3.71. The summed E-state index contributed by atoms with van der Waals surface area (Å²) in [4.78, 5) is 20.9. The molecule has 82 valence electrons. The highest BCUT2D eigenvalue weighted by atomic mass is 16.4. The first-order valence-electron chi connectivity index (χ1n) is 4.64. The summed E-state index contributed by atoms with van der Waals surface area (Å²) in [5.41, 5.74) is 0. The minimum atomic E-state index is -0.927. The summed E-state index contributed by atoms with van der Waals surface area (Å²) in [6.07, 6.45) is 0.745. The number of carboxylic acid groups (broad SMARTS) is 2. The summed E-state index contributed by atoms with van der Waals surface area (Å²) in [5, 5.41) is 20.0. The predicted molar refractivity (Wildman–Crippen MR) is 51.2 cm³/mol. The van der Waals surface area contributed by atoms with Crippen molar-refractivity contribution >= 4 is 11.9 Å². The van der Waals surface area contributed by atoms with Crippen LogP contribution in [0.3, 0.4) is 0 Å². The molecule has 0 aliphatic rings. The van der Waals surface area contributed by atoms with Crippen molar-refractivity contribution in [2.45, 2.75) is 45.2 Å². The lowest BCUT2D eigenvalue weighted by atomic mass is 10.1. The van der Waals surface area contributed by atoms with Crippen LogP contribution in [0.15, 0.2) is 0 Å². The van der Waals surface area contributed by atoms with Crippen LogP contribution in [0.1, 0.15) is 33.1 Å². The maximum Gasteiger partial charge on any atom is 0.320 e. The molecule has 0 amide bonds. The molecule has 0 radical (unpaired) electrons. The standard InChI is InChI=1S/C9H17NO4/c1-6(2)10-7(9(13)14)4-3-5-8(11)12/h6-7,10H,3-5H2,1-2H3,(H,11,12)(H,13,14). The van der Waals surface area contributed by atoms with Gasteiger partial charge >= 0.3 is 11.9 Å². The van der Waals surface area contributed by atoms with Gasteiger partial charge in [-0.15, -0.1) is 0 Å². The normalized spacial score (nSPS) is 12.8. The van der Waals surface area contributed by atoms with Crippen LogP contribution in [0.25, 0.3) is 0 Å². The van der Waals surface area contributed by atoms with E-state index in [1.165, 1.54) is 0 Å². The monoisotopic (exact) mass is 203 g/mol. The smallest absolute Gasteiger partial charge is 0.320 e. The number of carboxylic acids is 2. The minimum absolute atomic E-state index is 0.0174. The summed E-state index contributed by atoms with van der Waals surface area (Å²) >= 11 is 0. The van der Waals surface area contributed by atoms with Crippen molar-refractivity contribution in [1.82, 2.24) is 5.32 Å². The van der Waals surface area contributed by atoms with Gasteiger partial charge < -0.3 is 15.5 Å². The van der Waals surface area contributed by atoms with Crippen molar-refractivity contribution in [2.75, 3.05) is 0 Å². The first-order valence-corrected chi connectivity index (χ1v) is 4.64.